The molecular formula is C13H24O2. The van der Waals surface area contributed by atoms with Crippen LogP contribution in [0, 0.1) is 23.2 Å². The molecule has 0 aliphatic heterocycles. The van der Waals surface area contributed by atoms with Gasteiger partial charge in [0.05, 0.1) is 6.61 Å². The molecular weight excluding hydrogens is 188 g/mol. The van der Waals surface area contributed by atoms with Crippen molar-refractivity contribution in [3.8, 4) is 0 Å². The summed E-state index contributed by atoms with van der Waals surface area (Å²) in [6.45, 7) is 3.67. The van der Waals surface area contributed by atoms with Gasteiger partial charge in [-0.15, -0.1) is 0 Å². The Morgan fingerprint density at radius 1 is 1.20 bits per heavy atom. The Morgan fingerprint density at radius 3 is 2.27 bits per heavy atom. The quantitative estimate of drug-likeness (QED) is 0.778. The maximum Gasteiger partial charge on any atom is 0.0516 e. The number of hydrogen-bond acceptors (Lipinski definition) is 2. The summed E-state index contributed by atoms with van der Waals surface area (Å²) in [7, 11) is 1.81. The predicted octanol–water partition coefficient (Wildman–Crippen LogP) is 2.46. The van der Waals surface area contributed by atoms with Gasteiger partial charge in [0.15, 0.2) is 0 Å². The lowest BCUT2D eigenvalue weighted by molar-refractivity contribution is -0.0177. The van der Waals surface area contributed by atoms with E-state index in [1.807, 2.05) is 7.11 Å². The summed E-state index contributed by atoms with van der Waals surface area (Å²) in [5.41, 5.74) is 0.406. The molecule has 0 radical (unpaired) electrons. The van der Waals surface area contributed by atoms with E-state index < -0.39 is 0 Å². The zero-order valence-corrected chi connectivity index (χ0v) is 10.0. The molecule has 0 aromatic rings. The molecule has 1 N–H and O–H groups in total. The van der Waals surface area contributed by atoms with Gasteiger partial charge < -0.3 is 9.84 Å². The second kappa shape index (κ2) is 4.42. The van der Waals surface area contributed by atoms with E-state index in [1.54, 1.807) is 0 Å². The van der Waals surface area contributed by atoms with Crippen LogP contribution >= 0.6 is 0 Å². The molecule has 2 unspecified atom stereocenters. The SMILES string of the molecule is COCC1(C)CC2CC(CO)CC(C2)C1. The summed E-state index contributed by atoms with van der Waals surface area (Å²) in [5, 5.41) is 9.25. The molecule has 2 aliphatic rings. The van der Waals surface area contributed by atoms with Crippen LogP contribution in [-0.4, -0.2) is 25.4 Å². The highest BCUT2D eigenvalue weighted by Crippen LogP contribution is 2.50. The first-order valence-electron chi connectivity index (χ1n) is 6.25. The first-order valence-corrected chi connectivity index (χ1v) is 6.25. The van der Waals surface area contributed by atoms with Gasteiger partial charge in [0, 0.05) is 13.7 Å². The minimum atomic E-state index is 0.397. The first-order chi connectivity index (χ1) is 7.15. The van der Waals surface area contributed by atoms with Gasteiger partial charge in [-0.3, -0.25) is 0 Å². The summed E-state index contributed by atoms with van der Waals surface area (Å²) in [5.74, 6) is 2.27. The average molecular weight is 212 g/mol. The van der Waals surface area contributed by atoms with Crippen LogP contribution in [0.4, 0.5) is 0 Å². The van der Waals surface area contributed by atoms with Crippen molar-refractivity contribution in [3.63, 3.8) is 0 Å². The molecule has 2 heteroatoms. The van der Waals surface area contributed by atoms with Crippen molar-refractivity contribution in [1.29, 1.82) is 0 Å². The zero-order valence-electron chi connectivity index (χ0n) is 10.0. The van der Waals surface area contributed by atoms with Crippen LogP contribution in [0.5, 0.6) is 0 Å². The van der Waals surface area contributed by atoms with Crippen LogP contribution in [0.3, 0.4) is 0 Å². The van der Waals surface area contributed by atoms with Gasteiger partial charge in [0.25, 0.3) is 0 Å². The van der Waals surface area contributed by atoms with Gasteiger partial charge >= 0.3 is 0 Å². The fraction of sp³-hybridized carbons (Fsp3) is 1.00. The maximum atomic E-state index is 9.25. The van der Waals surface area contributed by atoms with E-state index in [1.165, 1.54) is 32.1 Å². The Kier molecular flexibility index (Phi) is 3.36. The predicted molar refractivity (Wildman–Crippen MR) is 60.6 cm³/mol. The van der Waals surface area contributed by atoms with Crippen LogP contribution in [0.25, 0.3) is 0 Å². The third-order valence-corrected chi connectivity index (χ3v) is 4.31. The fourth-order valence-corrected chi connectivity index (χ4v) is 4.13. The molecule has 0 aromatic heterocycles. The Hall–Kier alpha value is -0.0800. The Balaban J connectivity index is 1.98. The second-order valence-corrected chi connectivity index (χ2v) is 6.14. The molecule has 88 valence electrons. The molecule has 2 bridgehead atoms. The smallest absolute Gasteiger partial charge is 0.0516 e. The van der Waals surface area contributed by atoms with Crippen LogP contribution < -0.4 is 0 Å². The average Bonchev–Trinajstić information content (AvgIpc) is 2.15. The van der Waals surface area contributed by atoms with Crippen molar-refractivity contribution in [2.45, 2.75) is 39.0 Å². The summed E-state index contributed by atoms with van der Waals surface area (Å²) < 4.78 is 5.35. The number of fused-ring (bicyclic) bond motifs is 2. The van der Waals surface area contributed by atoms with Crippen LogP contribution in [-0.2, 0) is 4.74 Å². The van der Waals surface area contributed by atoms with Crippen molar-refractivity contribution < 1.29 is 9.84 Å². The number of ether oxygens (including phenoxy) is 1. The minimum absolute atomic E-state index is 0.397. The van der Waals surface area contributed by atoms with E-state index in [0.29, 0.717) is 17.9 Å². The molecule has 2 rings (SSSR count). The van der Waals surface area contributed by atoms with Crippen LogP contribution in [0.2, 0.25) is 0 Å². The highest BCUT2D eigenvalue weighted by Gasteiger charge is 2.41. The van der Waals surface area contributed by atoms with Gasteiger partial charge in [-0.1, -0.05) is 6.92 Å². The molecule has 0 heterocycles. The highest BCUT2D eigenvalue weighted by atomic mass is 16.5. The minimum Gasteiger partial charge on any atom is -0.396 e. The van der Waals surface area contributed by atoms with E-state index in [-0.39, 0.29) is 0 Å². The lowest BCUT2D eigenvalue weighted by Gasteiger charge is -2.47. The van der Waals surface area contributed by atoms with E-state index in [4.69, 9.17) is 4.74 Å². The molecule has 0 amide bonds. The molecule has 0 spiro atoms. The number of methoxy groups -OCH3 is 1. The summed E-state index contributed by atoms with van der Waals surface area (Å²) in [6.07, 6.45) is 6.48. The molecule has 2 fully saturated rings. The second-order valence-electron chi connectivity index (χ2n) is 6.14. The van der Waals surface area contributed by atoms with Gasteiger partial charge in [0.2, 0.25) is 0 Å². The largest absolute Gasteiger partial charge is 0.396 e. The van der Waals surface area contributed by atoms with E-state index in [0.717, 1.165) is 18.4 Å². The molecule has 0 saturated heterocycles. The molecule has 2 saturated carbocycles. The van der Waals surface area contributed by atoms with Gasteiger partial charge in [-0.2, -0.15) is 0 Å². The van der Waals surface area contributed by atoms with Gasteiger partial charge in [-0.05, 0) is 55.3 Å². The number of aliphatic hydroxyl groups excluding tert-OH is 1. The normalized spacial score (nSPS) is 45.4. The summed E-state index contributed by atoms with van der Waals surface area (Å²) in [6, 6.07) is 0. The summed E-state index contributed by atoms with van der Waals surface area (Å²) in [4.78, 5) is 0. The molecule has 2 aliphatic carbocycles. The van der Waals surface area contributed by atoms with Crippen molar-refractivity contribution in [2.75, 3.05) is 20.3 Å². The lowest BCUT2D eigenvalue weighted by atomic mass is 9.59. The molecule has 2 atom stereocenters. The summed E-state index contributed by atoms with van der Waals surface area (Å²) >= 11 is 0. The first kappa shape index (κ1) is 11.4. The Morgan fingerprint density at radius 2 is 1.80 bits per heavy atom. The van der Waals surface area contributed by atoms with Crippen molar-refractivity contribution in [2.24, 2.45) is 23.2 Å². The number of aliphatic hydroxyl groups is 1. The lowest BCUT2D eigenvalue weighted by Crippen LogP contribution is -2.39. The Labute approximate surface area is 93.0 Å². The van der Waals surface area contributed by atoms with Crippen molar-refractivity contribution in [3.05, 3.63) is 0 Å². The van der Waals surface area contributed by atoms with Gasteiger partial charge in [0.1, 0.15) is 0 Å². The fourth-order valence-electron chi connectivity index (χ4n) is 4.13. The maximum absolute atomic E-state index is 9.25. The third-order valence-electron chi connectivity index (χ3n) is 4.31. The van der Waals surface area contributed by atoms with Crippen LogP contribution in [0.1, 0.15) is 39.0 Å². The molecule has 0 aromatic carbocycles. The Bertz CT molecular complexity index is 201. The van der Waals surface area contributed by atoms with E-state index in [9.17, 15) is 5.11 Å². The highest BCUT2D eigenvalue weighted by molar-refractivity contribution is 4.92. The number of rotatable bonds is 3. The van der Waals surface area contributed by atoms with Gasteiger partial charge in [-0.25, -0.2) is 0 Å². The van der Waals surface area contributed by atoms with Crippen molar-refractivity contribution >= 4 is 0 Å². The molecule has 15 heavy (non-hydrogen) atoms. The van der Waals surface area contributed by atoms with Crippen molar-refractivity contribution in [1.82, 2.24) is 0 Å². The van der Waals surface area contributed by atoms with E-state index >= 15 is 0 Å². The monoisotopic (exact) mass is 212 g/mol. The van der Waals surface area contributed by atoms with Crippen LogP contribution in [0.15, 0.2) is 0 Å². The third kappa shape index (κ3) is 2.54. The topological polar surface area (TPSA) is 29.5 Å². The zero-order chi connectivity index (χ0) is 10.9. The standard InChI is InChI=1S/C13H24O2/c1-13(9-15-2)6-10-3-11(7-13)5-12(4-10)8-14/h10-12,14H,3-9H2,1-2H3. The molecule has 2 nitrogen and oxygen atoms in total. The van der Waals surface area contributed by atoms with E-state index in [2.05, 4.69) is 6.92 Å². The number of hydrogen-bond donors (Lipinski definition) is 1.